The van der Waals surface area contributed by atoms with Crippen LogP contribution in [0, 0.1) is 12.8 Å². The third kappa shape index (κ3) is 4.36. The van der Waals surface area contributed by atoms with Gasteiger partial charge in [-0.3, -0.25) is 4.79 Å². The van der Waals surface area contributed by atoms with Crippen molar-refractivity contribution in [3.63, 3.8) is 0 Å². The van der Waals surface area contributed by atoms with Crippen molar-refractivity contribution in [1.29, 1.82) is 0 Å². The van der Waals surface area contributed by atoms with E-state index in [4.69, 9.17) is 16.7 Å². The molecule has 0 spiro atoms. The van der Waals surface area contributed by atoms with Crippen LogP contribution in [0.4, 0.5) is 0 Å². The number of hydrogen-bond donors (Lipinski definition) is 1. The second-order valence-electron chi connectivity index (χ2n) is 7.79. The van der Waals surface area contributed by atoms with Crippen molar-refractivity contribution in [3.8, 4) is 5.69 Å². The first-order valence-electron chi connectivity index (χ1n) is 9.88. The Labute approximate surface area is 166 Å². The van der Waals surface area contributed by atoms with Crippen molar-refractivity contribution in [3.05, 3.63) is 46.2 Å². The Morgan fingerprint density at radius 2 is 1.85 bits per heavy atom. The van der Waals surface area contributed by atoms with Gasteiger partial charge in [0.15, 0.2) is 0 Å². The maximum Gasteiger partial charge on any atom is 0.258 e. The summed E-state index contributed by atoms with van der Waals surface area (Å²) >= 11 is 6.03. The summed E-state index contributed by atoms with van der Waals surface area (Å²) in [5.74, 6) is 0.560. The van der Waals surface area contributed by atoms with Gasteiger partial charge in [0.1, 0.15) is 0 Å². The smallest absolute Gasteiger partial charge is 0.258 e. The highest BCUT2D eigenvalue weighted by molar-refractivity contribution is 6.30. The first-order valence-corrected chi connectivity index (χ1v) is 10.3. The number of nitrogens with zero attached hydrogens (tertiary/aromatic N) is 3. The van der Waals surface area contributed by atoms with Crippen LogP contribution in [0.15, 0.2) is 24.3 Å². The Morgan fingerprint density at radius 1 is 1.22 bits per heavy atom. The van der Waals surface area contributed by atoms with Gasteiger partial charge in [-0.05, 0) is 50.5 Å². The summed E-state index contributed by atoms with van der Waals surface area (Å²) in [6.45, 7) is 13.3. The van der Waals surface area contributed by atoms with Crippen molar-refractivity contribution in [2.75, 3.05) is 32.7 Å². The van der Waals surface area contributed by atoms with E-state index in [2.05, 4.69) is 20.8 Å². The first kappa shape index (κ1) is 19.9. The molecule has 146 valence electrons. The number of rotatable bonds is 5. The second kappa shape index (κ2) is 8.44. The summed E-state index contributed by atoms with van der Waals surface area (Å²) in [7, 11) is 0. The highest BCUT2D eigenvalue weighted by atomic mass is 35.5. The number of carbonyl (C=O) groups excluding carboxylic acids is 1. The molecular formula is C21H30ClN4O+. The lowest BCUT2D eigenvalue weighted by Crippen LogP contribution is -3.14. The molecule has 1 amide bonds. The van der Waals surface area contributed by atoms with Crippen LogP contribution in [0.5, 0.6) is 0 Å². The number of aromatic nitrogens is 2. The van der Waals surface area contributed by atoms with E-state index in [1.165, 1.54) is 0 Å². The van der Waals surface area contributed by atoms with Crippen LogP contribution < -0.4 is 4.90 Å². The molecule has 2 heterocycles. The molecule has 0 bridgehead atoms. The summed E-state index contributed by atoms with van der Waals surface area (Å²) in [6.07, 6.45) is 0.794. The third-order valence-corrected chi connectivity index (χ3v) is 5.59. The predicted octanol–water partition coefficient (Wildman–Crippen LogP) is 2.39. The molecule has 0 aliphatic carbocycles. The molecule has 1 aromatic carbocycles. The molecule has 6 heteroatoms. The van der Waals surface area contributed by atoms with Gasteiger partial charge in [0, 0.05) is 5.02 Å². The number of carbonyl (C=O) groups is 1. The summed E-state index contributed by atoms with van der Waals surface area (Å²) in [5.41, 5.74) is 3.51. The Balaban J connectivity index is 1.95. The van der Waals surface area contributed by atoms with Crippen molar-refractivity contribution in [2.45, 2.75) is 34.1 Å². The number of likely N-dealkylation sites (N-methyl/N-ethyl adjacent to an activating group) is 1. The Bertz CT molecular complexity index is 789. The maximum atomic E-state index is 13.4. The molecule has 27 heavy (non-hydrogen) atoms. The molecule has 2 aromatic rings. The minimum Gasteiger partial charge on any atom is -0.332 e. The van der Waals surface area contributed by atoms with E-state index >= 15 is 0 Å². The minimum atomic E-state index is 0.124. The Hall–Kier alpha value is -1.85. The van der Waals surface area contributed by atoms with Gasteiger partial charge >= 0.3 is 0 Å². The number of hydrogen-bond acceptors (Lipinski definition) is 2. The Kier molecular flexibility index (Phi) is 6.22. The van der Waals surface area contributed by atoms with Gasteiger partial charge in [-0.25, -0.2) is 4.68 Å². The minimum absolute atomic E-state index is 0.124. The zero-order chi connectivity index (χ0) is 19.6. The molecule has 1 N–H and O–H groups in total. The first-order chi connectivity index (χ1) is 12.9. The predicted molar refractivity (Wildman–Crippen MR) is 109 cm³/mol. The standard InChI is InChI=1S/C21H29ClN4O/c1-5-24-10-12-25(13-11-24)21(27)20-16(4)26(23-19(20)14-15(2)3)18-8-6-17(22)7-9-18/h6-9,15H,5,10-14H2,1-4H3/p+1. The van der Waals surface area contributed by atoms with Gasteiger partial charge in [-0.15, -0.1) is 0 Å². The van der Waals surface area contributed by atoms with Crippen molar-refractivity contribution in [2.24, 2.45) is 5.92 Å². The molecule has 0 saturated carbocycles. The van der Waals surface area contributed by atoms with Crippen LogP contribution in [-0.4, -0.2) is 53.3 Å². The van der Waals surface area contributed by atoms with E-state index in [1.54, 1.807) is 4.90 Å². The number of piperazine rings is 1. The topological polar surface area (TPSA) is 42.6 Å². The Morgan fingerprint density at radius 3 is 2.41 bits per heavy atom. The lowest BCUT2D eigenvalue weighted by atomic mass is 10.0. The van der Waals surface area contributed by atoms with E-state index in [-0.39, 0.29) is 5.91 Å². The number of amides is 1. The summed E-state index contributed by atoms with van der Waals surface area (Å²) in [6, 6.07) is 7.60. The number of quaternary nitrogens is 1. The van der Waals surface area contributed by atoms with E-state index in [0.29, 0.717) is 10.9 Å². The summed E-state index contributed by atoms with van der Waals surface area (Å²) in [4.78, 5) is 16.9. The van der Waals surface area contributed by atoms with Crippen molar-refractivity contribution < 1.29 is 9.69 Å². The van der Waals surface area contributed by atoms with Gasteiger partial charge < -0.3 is 9.80 Å². The van der Waals surface area contributed by atoms with Gasteiger partial charge in [0.2, 0.25) is 0 Å². The quantitative estimate of drug-likeness (QED) is 0.853. The average molecular weight is 390 g/mol. The fourth-order valence-corrected chi connectivity index (χ4v) is 3.87. The number of benzene rings is 1. The number of halogens is 1. The van der Waals surface area contributed by atoms with E-state index in [0.717, 1.165) is 61.8 Å². The normalized spacial score (nSPS) is 15.6. The maximum absolute atomic E-state index is 13.4. The summed E-state index contributed by atoms with van der Waals surface area (Å²) in [5, 5.41) is 5.51. The monoisotopic (exact) mass is 389 g/mol. The van der Waals surface area contributed by atoms with Crippen LogP contribution in [0.25, 0.3) is 5.69 Å². The molecule has 3 rings (SSSR count). The lowest BCUT2D eigenvalue weighted by molar-refractivity contribution is -0.902. The van der Waals surface area contributed by atoms with Gasteiger partial charge in [-0.1, -0.05) is 25.4 Å². The number of nitrogens with one attached hydrogen (secondary N) is 1. The van der Waals surface area contributed by atoms with Crippen LogP contribution in [-0.2, 0) is 6.42 Å². The van der Waals surface area contributed by atoms with Crippen LogP contribution in [0.3, 0.4) is 0 Å². The lowest BCUT2D eigenvalue weighted by Gasteiger charge is -2.31. The van der Waals surface area contributed by atoms with Crippen LogP contribution in [0.2, 0.25) is 5.02 Å². The molecule has 1 aliphatic rings. The molecule has 0 unspecified atom stereocenters. The van der Waals surface area contributed by atoms with Gasteiger partial charge in [0.25, 0.3) is 5.91 Å². The molecular weight excluding hydrogens is 360 g/mol. The molecule has 1 aromatic heterocycles. The zero-order valence-corrected chi connectivity index (χ0v) is 17.5. The van der Waals surface area contributed by atoms with Crippen LogP contribution >= 0.6 is 11.6 Å². The SMILES string of the molecule is CC[NH+]1CCN(C(=O)c2c(CC(C)C)nn(-c3ccc(Cl)cc3)c2C)CC1. The molecule has 1 saturated heterocycles. The fourth-order valence-electron chi connectivity index (χ4n) is 3.74. The van der Waals surface area contributed by atoms with Gasteiger partial charge in [-0.2, -0.15) is 5.10 Å². The highest BCUT2D eigenvalue weighted by Crippen LogP contribution is 2.23. The third-order valence-electron chi connectivity index (χ3n) is 5.33. The molecule has 0 atom stereocenters. The van der Waals surface area contributed by atoms with E-state index < -0.39 is 0 Å². The van der Waals surface area contributed by atoms with Crippen molar-refractivity contribution >= 4 is 17.5 Å². The molecule has 1 aliphatic heterocycles. The van der Waals surface area contributed by atoms with Gasteiger partial charge in [0.05, 0.1) is 55.4 Å². The summed E-state index contributed by atoms with van der Waals surface area (Å²) < 4.78 is 1.88. The zero-order valence-electron chi connectivity index (χ0n) is 16.8. The van der Waals surface area contributed by atoms with Crippen molar-refractivity contribution in [1.82, 2.24) is 14.7 Å². The van der Waals surface area contributed by atoms with Crippen LogP contribution in [0.1, 0.15) is 42.5 Å². The molecule has 0 radical (unpaired) electrons. The molecule has 5 nitrogen and oxygen atoms in total. The van der Waals surface area contributed by atoms with E-state index in [1.807, 2.05) is 40.8 Å². The highest BCUT2D eigenvalue weighted by Gasteiger charge is 2.29. The molecule has 1 fully saturated rings. The van der Waals surface area contributed by atoms with E-state index in [9.17, 15) is 4.79 Å². The average Bonchev–Trinajstić information content (AvgIpc) is 2.97. The largest absolute Gasteiger partial charge is 0.332 e. The fraction of sp³-hybridized carbons (Fsp3) is 0.524. The second-order valence-corrected chi connectivity index (χ2v) is 8.23.